The predicted octanol–water partition coefficient (Wildman–Crippen LogP) is 2.17. The number of benzene rings is 1. The number of rotatable bonds is 5. The fourth-order valence-electron chi connectivity index (χ4n) is 2.49. The third kappa shape index (κ3) is 3.39. The Morgan fingerprint density at radius 1 is 1.43 bits per heavy atom. The van der Waals surface area contributed by atoms with Crippen LogP contribution >= 0.6 is 15.9 Å². The first-order valence-corrected chi connectivity index (χ1v) is 8.21. The molecule has 1 aliphatic heterocycles. The molecule has 124 valence electrons. The summed E-state index contributed by atoms with van der Waals surface area (Å²) in [5.74, 6) is -2.80. The van der Waals surface area contributed by atoms with Crippen molar-refractivity contribution in [3.8, 4) is 0 Å². The number of carboxylic acids is 1. The topological polar surface area (TPSA) is 86.7 Å². The van der Waals surface area contributed by atoms with Gasteiger partial charge in [-0.25, -0.2) is 4.79 Å². The van der Waals surface area contributed by atoms with Gasteiger partial charge in [-0.05, 0) is 47.8 Å². The number of carbonyl (C=O) groups is 3. The molecule has 0 aromatic heterocycles. The van der Waals surface area contributed by atoms with E-state index in [4.69, 9.17) is 0 Å². The molecule has 1 aromatic carbocycles. The number of anilines is 1. The Morgan fingerprint density at radius 2 is 2.09 bits per heavy atom. The second-order valence-electron chi connectivity index (χ2n) is 5.76. The van der Waals surface area contributed by atoms with Crippen LogP contribution in [-0.2, 0) is 14.4 Å². The molecule has 2 atom stereocenters. The first-order chi connectivity index (χ1) is 10.8. The number of nitrogens with zero attached hydrogens (tertiary/aromatic N) is 1. The van der Waals surface area contributed by atoms with Crippen molar-refractivity contribution in [3.05, 3.63) is 28.7 Å². The van der Waals surface area contributed by atoms with Gasteiger partial charge in [0.15, 0.2) is 0 Å². The Bertz CT molecular complexity index is 649. The van der Waals surface area contributed by atoms with E-state index < -0.39 is 23.3 Å². The molecule has 1 fully saturated rings. The molecule has 2 N–H and O–H groups in total. The van der Waals surface area contributed by atoms with Crippen LogP contribution in [0.4, 0.5) is 5.69 Å². The van der Waals surface area contributed by atoms with Gasteiger partial charge in [0.25, 0.3) is 0 Å². The third-order valence-electron chi connectivity index (χ3n) is 4.24. The van der Waals surface area contributed by atoms with E-state index >= 15 is 0 Å². The number of carboxylic acid groups (broad SMARTS) is 1. The summed E-state index contributed by atoms with van der Waals surface area (Å²) in [6.45, 7) is 3.55. The number of amides is 2. The van der Waals surface area contributed by atoms with Crippen molar-refractivity contribution in [2.75, 3.05) is 11.4 Å². The maximum absolute atomic E-state index is 12.5. The van der Waals surface area contributed by atoms with E-state index in [0.717, 1.165) is 4.47 Å². The van der Waals surface area contributed by atoms with Gasteiger partial charge in [-0.1, -0.05) is 19.1 Å². The first kappa shape index (κ1) is 17.5. The number of aliphatic carboxylic acids is 1. The quantitative estimate of drug-likeness (QED) is 0.763. The number of halogens is 1. The summed E-state index contributed by atoms with van der Waals surface area (Å²) in [4.78, 5) is 37.8. The zero-order chi connectivity index (χ0) is 17.2. The fraction of sp³-hybridized carbons (Fsp3) is 0.438. The first-order valence-electron chi connectivity index (χ1n) is 7.41. The van der Waals surface area contributed by atoms with Gasteiger partial charge in [-0.3, -0.25) is 9.59 Å². The van der Waals surface area contributed by atoms with Crippen LogP contribution in [0.3, 0.4) is 0 Å². The van der Waals surface area contributed by atoms with Crippen LogP contribution in [-0.4, -0.2) is 35.0 Å². The highest BCUT2D eigenvalue weighted by molar-refractivity contribution is 9.10. The summed E-state index contributed by atoms with van der Waals surface area (Å²) in [5.41, 5.74) is -0.651. The summed E-state index contributed by atoms with van der Waals surface area (Å²) in [6, 6.07) is 7.29. The summed E-state index contributed by atoms with van der Waals surface area (Å²) in [5, 5.41) is 11.7. The zero-order valence-electron chi connectivity index (χ0n) is 13.0. The van der Waals surface area contributed by atoms with Gasteiger partial charge in [-0.2, -0.15) is 0 Å². The summed E-state index contributed by atoms with van der Waals surface area (Å²) >= 11 is 3.40. The maximum atomic E-state index is 12.5. The molecule has 2 amide bonds. The molecule has 23 heavy (non-hydrogen) atoms. The molecule has 2 rings (SSSR count). The molecule has 0 aliphatic carbocycles. The third-order valence-corrected chi connectivity index (χ3v) is 4.91. The number of carbonyl (C=O) groups excluding carboxylic acids is 2. The van der Waals surface area contributed by atoms with Gasteiger partial charge < -0.3 is 15.3 Å². The zero-order valence-corrected chi connectivity index (χ0v) is 14.6. The second kappa shape index (κ2) is 6.70. The van der Waals surface area contributed by atoms with Crippen LogP contribution in [0.2, 0.25) is 0 Å². The lowest BCUT2D eigenvalue weighted by molar-refractivity contribution is -0.148. The molecule has 1 heterocycles. The lowest BCUT2D eigenvalue weighted by Gasteiger charge is -2.26. The van der Waals surface area contributed by atoms with Gasteiger partial charge >= 0.3 is 5.97 Å². The molecule has 1 saturated heterocycles. The van der Waals surface area contributed by atoms with E-state index in [1.165, 1.54) is 6.92 Å². The van der Waals surface area contributed by atoms with Gasteiger partial charge in [0, 0.05) is 11.0 Å². The molecule has 1 aliphatic rings. The van der Waals surface area contributed by atoms with E-state index in [2.05, 4.69) is 21.2 Å². The number of nitrogens with one attached hydrogen (secondary N) is 1. The predicted molar refractivity (Wildman–Crippen MR) is 89.1 cm³/mol. The smallest absolute Gasteiger partial charge is 0.329 e. The summed E-state index contributed by atoms with van der Waals surface area (Å²) in [7, 11) is 0. The highest BCUT2D eigenvalue weighted by Crippen LogP contribution is 2.31. The normalized spacial score (nSPS) is 20.2. The van der Waals surface area contributed by atoms with E-state index in [1.807, 2.05) is 18.2 Å². The summed E-state index contributed by atoms with van der Waals surface area (Å²) < 4.78 is 0.776. The van der Waals surface area contributed by atoms with Crippen LogP contribution in [0, 0.1) is 5.92 Å². The minimum absolute atomic E-state index is 0.239. The average Bonchev–Trinajstić information content (AvgIpc) is 2.89. The van der Waals surface area contributed by atoms with E-state index in [1.54, 1.807) is 17.9 Å². The lowest BCUT2D eigenvalue weighted by atomic mass is 9.97. The highest BCUT2D eigenvalue weighted by atomic mass is 79.9. The van der Waals surface area contributed by atoms with Crippen molar-refractivity contribution in [3.63, 3.8) is 0 Å². The number of hydrogen-bond acceptors (Lipinski definition) is 3. The van der Waals surface area contributed by atoms with Crippen LogP contribution in [0.1, 0.15) is 26.7 Å². The van der Waals surface area contributed by atoms with Crippen molar-refractivity contribution < 1.29 is 19.5 Å². The van der Waals surface area contributed by atoms with Crippen molar-refractivity contribution in [2.45, 2.75) is 32.2 Å². The van der Waals surface area contributed by atoms with Gasteiger partial charge in [0.1, 0.15) is 11.5 Å². The standard InChI is InChI=1S/C16H19BrN2O4/c1-3-16(2,15(22)23)18-13(20)10-8-9-19(14(10)21)12-7-5-4-6-11(12)17/h4-7,10H,3,8-9H2,1-2H3,(H,18,20)(H,22,23). The minimum Gasteiger partial charge on any atom is -0.480 e. The van der Waals surface area contributed by atoms with Crippen molar-refractivity contribution in [2.24, 2.45) is 5.92 Å². The molecule has 2 unspecified atom stereocenters. The van der Waals surface area contributed by atoms with Crippen molar-refractivity contribution >= 4 is 39.4 Å². The molecule has 6 nitrogen and oxygen atoms in total. The molecule has 0 saturated carbocycles. The highest BCUT2D eigenvalue weighted by Gasteiger charge is 2.42. The Balaban J connectivity index is 2.15. The molecule has 0 radical (unpaired) electrons. The minimum atomic E-state index is -1.36. The van der Waals surface area contributed by atoms with E-state index in [-0.39, 0.29) is 12.3 Å². The monoisotopic (exact) mass is 382 g/mol. The van der Waals surface area contributed by atoms with Crippen molar-refractivity contribution in [1.82, 2.24) is 5.32 Å². The van der Waals surface area contributed by atoms with Gasteiger partial charge in [0.05, 0.1) is 5.69 Å². The van der Waals surface area contributed by atoms with Crippen LogP contribution in [0.5, 0.6) is 0 Å². The molecule has 0 bridgehead atoms. The van der Waals surface area contributed by atoms with E-state index in [9.17, 15) is 19.5 Å². The molecular weight excluding hydrogens is 364 g/mol. The largest absolute Gasteiger partial charge is 0.480 e. The average molecular weight is 383 g/mol. The Hall–Kier alpha value is -1.89. The molecule has 1 aromatic rings. The lowest BCUT2D eigenvalue weighted by Crippen LogP contribution is -2.54. The number of hydrogen-bond donors (Lipinski definition) is 2. The van der Waals surface area contributed by atoms with Gasteiger partial charge in [0.2, 0.25) is 11.8 Å². The van der Waals surface area contributed by atoms with Crippen LogP contribution < -0.4 is 10.2 Å². The maximum Gasteiger partial charge on any atom is 0.329 e. The van der Waals surface area contributed by atoms with Crippen LogP contribution in [0.25, 0.3) is 0 Å². The molecule has 7 heteroatoms. The molecule has 0 spiro atoms. The fourth-order valence-corrected chi connectivity index (χ4v) is 2.98. The second-order valence-corrected chi connectivity index (χ2v) is 6.62. The Labute approximate surface area is 143 Å². The number of para-hydroxylation sites is 1. The van der Waals surface area contributed by atoms with Gasteiger partial charge in [-0.15, -0.1) is 0 Å². The SMILES string of the molecule is CCC(C)(NC(=O)C1CCN(c2ccccc2Br)C1=O)C(=O)O. The van der Waals surface area contributed by atoms with Crippen LogP contribution in [0.15, 0.2) is 28.7 Å². The Kier molecular flexibility index (Phi) is 5.09. The summed E-state index contributed by atoms with van der Waals surface area (Å²) in [6.07, 6.45) is 0.606. The Morgan fingerprint density at radius 3 is 2.65 bits per heavy atom. The molecular formula is C16H19BrN2O4. The van der Waals surface area contributed by atoms with Crippen molar-refractivity contribution in [1.29, 1.82) is 0 Å². The van der Waals surface area contributed by atoms with E-state index in [0.29, 0.717) is 18.7 Å².